The number of amides is 2. The van der Waals surface area contributed by atoms with Gasteiger partial charge in [0.15, 0.2) is 5.65 Å². The topological polar surface area (TPSA) is 81.0 Å². The maximum absolute atomic E-state index is 13.8. The molecular weight excluding hydrogens is 361 g/mol. The summed E-state index contributed by atoms with van der Waals surface area (Å²) < 4.78 is 15.3. The molecule has 0 unspecified atom stereocenters. The van der Waals surface area contributed by atoms with Gasteiger partial charge in [0, 0.05) is 31.2 Å². The lowest BCUT2D eigenvalue weighted by atomic mass is 10.0. The van der Waals surface area contributed by atoms with E-state index in [4.69, 9.17) is 0 Å². The van der Waals surface area contributed by atoms with E-state index in [1.807, 2.05) is 0 Å². The van der Waals surface area contributed by atoms with Crippen LogP contribution in [0.25, 0.3) is 28.0 Å². The van der Waals surface area contributed by atoms with Crippen LogP contribution in [-0.4, -0.2) is 43.5 Å². The van der Waals surface area contributed by atoms with Gasteiger partial charge in [-0.2, -0.15) is 5.10 Å². The Balaban J connectivity index is 1.91. The molecule has 7 nitrogen and oxygen atoms in total. The number of nitrogens with zero attached hydrogens (tertiary/aromatic N) is 5. The van der Waals surface area contributed by atoms with Crippen molar-refractivity contribution in [3.63, 3.8) is 0 Å². The lowest BCUT2D eigenvalue weighted by Gasteiger charge is -2.03. The van der Waals surface area contributed by atoms with Crippen molar-refractivity contribution in [1.29, 1.82) is 0 Å². The van der Waals surface area contributed by atoms with Gasteiger partial charge in [-0.25, -0.2) is 14.1 Å². The van der Waals surface area contributed by atoms with Gasteiger partial charge in [0.25, 0.3) is 11.8 Å². The van der Waals surface area contributed by atoms with Gasteiger partial charge in [0.2, 0.25) is 0 Å². The smallest absolute Gasteiger partial charge is 0.262 e. The number of hydrogen-bond acceptors (Lipinski definition) is 5. The van der Waals surface area contributed by atoms with Crippen LogP contribution in [0.3, 0.4) is 0 Å². The standard InChI is InChI=1S/C20H12FN5O2/c1-25-19(27)14-10-23-18-16(15(14)20(25)28)17(11-5-7-22-8-6-11)24-26(18)13-4-2-3-12(21)9-13/h2-10H,1H3. The molecule has 0 N–H and O–H groups in total. The Morgan fingerprint density at radius 1 is 1.04 bits per heavy atom. The third kappa shape index (κ3) is 2.18. The molecule has 3 aromatic heterocycles. The largest absolute Gasteiger partial charge is 0.277 e. The van der Waals surface area contributed by atoms with Crippen LogP contribution >= 0.6 is 0 Å². The first-order chi connectivity index (χ1) is 13.6. The fourth-order valence-electron chi connectivity index (χ4n) is 3.41. The maximum atomic E-state index is 13.8. The molecule has 1 aromatic carbocycles. The zero-order valence-corrected chi connectivity index (χ0v) is 14.6. The normalized spacial score (nSPS) is 13.4. The van der Waals surface area contributed by atoms with Crippen molar-refractivity contribution >= 4 is 22.8 Å². The predicted molar refractivity (Wildman–Crippen MR) is 98.5 cm³/mol. The number of fused-ring (bicyclic) bond motifs is 3. The summed E-state index contributed by atoms with van der Waals surface area (Å²) in [6.45, 7) is 0. The highest BCUT2D eigenvalue weighted by Gasteiger charge is 2.37. The Morgan fingerprint density at radius 3 is 2.57 bits per heavy atom. The lowest BCUT2D eigenvalue weighted by molar-refractivity contribution is 0.0693. The van der Waals surface area contributed by atoms with Gasteiger partial charge in [-0.1, -0.05) is 6.07 Å². The summed E-state index contributed by atoms with van der Waals surface area (Å²) in [4.78, 5) is 34.6. The summed E-state index contributed by atoms with van der Waals surface area (Å²) in [5.41, 5.74) is 2.50. The minimum Gasteiger partial charge on any atom is -0.277 e. The van der Waals surface area contributed by atoms with E-state index >= 15 is 0 Å². The predicted octanol–water partition coefficient (Wildman–Crippen LogP) is 2.85. The van der Waals surface area contributed by atoms with Gasteiger partial charge in [-0.15, -0.1) is 0 Å². The maximum Gasteiger partial charge on any atom is 0.262 e. The number of pyridine rings is 2. The minimum atomic E-state index is -0.418. The van der Waals surface area contributed by atoms with E-state index in [0.717, 1.165) is 4.90 Å². The van der Waals surface area contributed by atoms with E-state index in [2.05, 4.69) is 15.1 Å². The molecule has 8 heteroatoms. The molecule has 0 bridgehead atoms. The molecule has 4 aromatic rings. The third-order valence-electron chi connectivity index (χ3n) is 4.76. The van der Waals surface area contributed by atoms with Crippen LogP contribution in [0.1, 0.15) is 20.7 Å². The summed E-state index contributed by atoms with van der Waals surface area (Å²) in [6, 6.07) is 9.43. The minimum absolute atomic E-state index is 0.231. The highest BCUT2D eigenvalue weighted by molar-refractivity contribution is 6.27. The van der Waals surface area contributed by atoms with Gasteiger partial charge in [-0.05, 0) is 30.3 Å². The fraction of sp³-hybridized carbons (Fsp3) is 0.0500. The lowest BCUT2D eigenvalue weighted by Crippen LogP contribution is -2.24. The Bertz CT molecular complexity index is 1280. The van der Waals surface area contributed by atoms with Crippen molar-refractivity contribution in [1.82, 2.24) is 24.6 Å². The summed E-state index contributed by atoms with van der Waals surface area (Å²) in [7, 11) is 1.43. The number of benzene rings is 1. The van der Waals surface area contributed by atoms with Gasteiger partial charge >= 0.3 is 0 Å². The van der Waals surface area contributed by atoms with Crippen LogP contribution in [-0.2, 0) is 0 Å². The molecule has 0 saturated heterocycles. The summed E-state index contributed by atoms with van der Waals surface area (Å²) in [6.07, 6.45) is 4.59. The van der Waals surface area contributed by atoms with Gasteiger partial charge in [0.1, 0.15) is 11.5 Å². The quantitative estimate of drug-likeness (QED) is 0.505. The molecule has 5 rings (SSSR count). The zero-order chi connectivity index (χ0) is 19.4. The summed E-state index contributed by atoms with van der Waals surface area (Å²) >= 11 is 0. The SMILES string of the molecule is CN1C(=O)c2cnc3c(c(-c4ccncc4)nn3-c3cccc(F)c3)c2C1=O. The fourth-order valence-corrected chi connectivity index (χ4v) is 3.41. The first-order valence-electron chi connectivity index (χ1n) is 8.46. The number of aromatic nitrogens is 4. The Hall–Kier alpha value is -3.94. The molecule has 0 fully saturated rings. The number of hydrogen-bond donors (Lipinski definition) is 0. The zero-order valence-electron chi connectivity index (χ0n) is 14.6. The number of carbonyl (C=O) groups is 2. The van der Waals surface area contributed by atoms with Gasteiger partial charge < -0.3 is 0 Å². The number of imide groups is 1. The summed E-state index contributed by atoms with van der Waals surface area (Å²) in [5, 5.41) is 5.06. The molecule has 0 saturated carbocycles. The molecule has 136 valence electrons. The second-order valence-corrected chi connectivity index (χ2v) is 6.39. The Kier molecular flexibility index (Phi) is 3.35. The van der Waals surface area contributed by atoms with E-state index in [9.17, 15) is 14.0 Å². The third-order valence-corrected chi connectivity index (χ3v) is 4.76. The van der Waals surface area contributed by atoms with Crippen molar-refractivity contribution in [3.05, 3.63) is 71.9 Å². The Labute approximate surface area is 158 Å². The molecule has 2 amide bonds. The van der Waals surface area contributed by atoms with E-state index in [0.29, 0.717) is 28.0 Å². The van der Waals surface area contributed by atoms with Crippen LogP contribution in [0.5, 0.6) is 0 Å². The van der Waals surface area contributed by atoms with Gasteiger partial charge in [0.05, 0.1) is 22.2 Å². The second-order valence-electron chi connectivity index (χ2n) is 6.39. The number of rotatable bonds is 2. The van der Waals surface area contributed by atoms with Crippen LogP contribution in [0, 0.1) is 5.82 Å². The molecule has 28 heavy (non-hydrogen) atoms. The van der Waals surface area contributed by atoms with Crippen LogP contribution in [0.4, 0.5) is 4.39 Å². The van der Waals surface area contributed by atoms with Crippen molar-refractivity contribution in [3.8, 4) is 16.9 Å². The van der Waals surface area contributed by atoms with Crippen LogP contribution in [0.2, 0.25) is 0 Å². The average molecular weight is 373 g/mol. The first-order valence-corrected chi connectivity index (χ1v) is 8.46. The van der Waals surface area contributed by atoms with Crippen molar-refractivity contribution < 1.29 is 14.0 Å². The molecule has 1 aliphatic heterocycles. The Morgan fingerprint density at radius 2 is 1.82 bits per heavy atom. The molecule has 0 aliphatic carbocycles. The van der Waals surface area contributed by atoms with E-state index in [1.165, 1.54) is 30.1 Å². The monoisotopic (exact) mass is 373 g/mol. The van der Waals surface area contributed by atoms with E-state index in [-0.39, 0.29) is 11.1 Å². The van der Waals surface area contributed by atoms with E-state index < -0.39 is 17.6 Å². The molecule has 0 spiro atoms. The van der Waals surface area contributed by atoms with Crippen LogP contribution < -0.4 is 0 Å². The highest BCUT2D eigenvalue weighted by Crippen LogP contribution is 2.36. The second kappa shape index (κ2) is 5.78. The van der Waals surface area contributed by atoms with Gasteiger partial charge in [-0.3, -0.25) is 19.5 Å². The number of carbonyl (C=O) groups excluding carboxylic acids is 2. The molecule has 1 aliphatic rings. The highest BCUT2D eigenvalue weighted by atomic mass is 19.1. The molecule has 4 heterocycles. The summed E-state index contributed by atoms with van der Waals surface area (Å²) in [5.74, 6) is -1.24. The van der Waals surface area contributed by atoms with E-state index in [1.54, 1.807) is 36.7 Å². The van der Waals surface area contributed by atoms with Crippen molar-refractivity contribution in [2.45, 2.75) is 0 Å². The number of halogens is 1. The van der Waals surface area contributed by atoms with Crippen LogP contribution in [0.15, 0.2) is 55.0 Å². The van der Waals surface area contributed by atoms with Crippen molar-refractivity contribution in [2.75, 3.05) is 7.05 Å². The molecule has 0 atom stereocenters. The molecular formula is C20H12FN5O2. The average Bonchev–Trinajstić information content (AvgIpc) is 3.21. The van der Waals surface area contributed by atoms with Crippen molar-refractivity contribution in [2.24, 2.45) is 0 Å². The molecule has 0 radical (unpaired) electrons. The first kappa shape index (κ1) is 16.2.